The van der Waals surface area contributed by atoms with Gasteiger partial charge in [-0.3, -0.25) is 4.79 Å². The summed E-state index contributed by atoms with van der Waals surface area (Å²) in [4.78, 5) is 11.9. The maximum atomic E-state index is 11.9. The molecule has 0 aliphatic carbocycles. The summed E-state index contributed by atoms with van der Waals surface area (Å²) < 4.78 is 0. The normalized spacial score (nSPS) is 12.0. The lowest BCUT2D eigenvalue weighted by Gasteiger charge is -2.17. The fourth-order valence-corrected chi connectivity index (χ4v) is 2.11. The number of hydrogen-bond acceptors (Lipinski definition) is 2. The molecule has 0 aliphatic heterocycles. The standard InChI is InChI=1S/C15H23ClN2O/c1-4-5-6-10-17-15(19)12(3)18-14-11(2)8-7-9-13(14)16/h7-9,12,18H,4-6,10H2,1-3H3,(H,17,19). The molecule has 1 rings (SSSR count). The number of carbonyl (C=O) groups is 1. The predicted octanol–water partition coefficient (Wildman–Crippen LogP) is 3.76. The molecule has 0 saturated carbocycles. The van der Waals surface area contributed by atoms with Gasteiger partial charge in [-0.2, -0.15) is 0 Å². The number of amides is 1. The largest absolute Gasteiger partial charge is 0.372 e. The van der Waals surface area contributed by atoms with Crippen molar-refractivity contribution in [1.29, 1.82) is 0 Å². The van der Waals surface area contributed by atoms with E-state index < -0.39 is 0 Å². The summed E-state index contributed by atoms with van der Waals surface area (Å²) in [6, 6.07) is 5.40. The van der Waals surface area contributed by atoms with Gasteiger partial charge in [0, 0.05) is 6.54 Å². The summed E-state index contributed by atoms with van der Waals surface area (Å²) >= 11 is 6.13. The van der Waals surface area contributed by atoms with Crippen molar-refractivity contribution in [1.82, 2.24) is 5.32 Å². The molecule has 0 aliphatic rings. The predicted molar refractivity (Wildman–Crippen MR) is 81.8 cm³/mol. The molecule has 0 radical (unpaired) electrons. The van der Waals surface area contributed by atoms with E-state index in [4.69, 9.17) is 11.6 Å². The lowest BCUT2D eigenvalue weighted by Crippen LogP contribution is -2.38. The molecule has 1 atom stereocenters. The van der Waals surface area contributed by atoms with E-state index in [-0.39, 0.29) is 11.9 Å². The molecule has 0 fully saturated rings. The first-order chi connectivity index (χ1) is 9.06. The van der Waals surface area contributed by atoms with E-state index in [9.17, 15) is 4.79 Å². The zero-order valence-electron chi connectivity index (χ0n) is 11.9. The Balaban J connectivity index is 2.50. The second kappa shape index (κ2) is 8.05. The molecule has 0 aromatic heterocycles. The zero-order chi connectivity index (χ0) is 14.3. The van der Waals surface area contributed by atoms with Crippen molar-refractivity contribution in [2.24, 2.45) is 0 Å². The van der Waals surface area contributed by atoms with E-state index in [0.29, 0.717) is 5.02 Å². The minimum atomic E-state index is -0.291. The lowest BCUT2D eigenvalue weighted by molar-refractivity contribution is -0.121. The highest BCUT2D eigenvalue weighted by molar-refractivity contribution is 6.33. The fraction of sp³-hybridized carbons (Fsp3) is 0.533. The highest BCUT2D eigenvalue weighted by Crippen LogP contribution is 2.25. The van der Waals surface area contributed by atoms with Crippen LogP contribution in [0.1, 0.15) is 38.7 Å². The molecule has 19 heavy (non-hydrogen) atoms. The summed E-state index contributed by atoms with van der Waals surface area (Å²) in [5.74, 6) is 0.00965. The molecular formula is C15H23ClN2O. The van der Waals surface area contributed by atoms with Gasteiger partial charge >= 0.3 is 0 Å². The highest BCUT2D eigenvalue weighted by Gasteiger charge is 2.14. The van der Waals surface area contributed by atoms with Gasteiger partial charge in [0.2, 0.25) is 5.91 Å². The minimum absolute atomic E-state index is 0.00965. The molecule has 0 heterocycles. The highest BCUT2D eigenvalue weighted by atomic mass is 35.5. The van der Waals surface area contributed by atoms with Crippen molar-refractivity contribution < 1.29 is 4.79 Å². The number of carbonyl (C=O) groups excluding carboxylic acids is 1. The van der Waals surface area contributed by atoms with Crippen LogP contribution in [0, 0.1) is 6.92 Å². The first kappa shape index (κ1) is 15.8. The third kappa shape index (κ3) is 5.11. The Morgan fingerprint density at radius 1 is 1.37 bits per heavy atom. The number of hydrogen-bond donors (Lipinski definition) is 2. The molecule has 1 unspecified atom stereocenters. The first-order valence-electron chi connectivity index (χ1n) is 6.85. The Morgan fingerprint density at radius 3 is 2.74 bits per heavy atom. The Bertz CT molecular complexity index is 400. The van der Waals surface area contributed by atoms with Crippen molar-refractivity contribution in [3.05, 3.63) is 28.8 Å². The van der Waals surface area contributed by atoms with Gasteiger partial charge in [0.25, 0.3) is 0 Å². The SMILES string of the molecule is CCCCCNC(=O)C(C)Nc1c(C)cccc1Cl. The molecule has 0 bridgehead atoms. The average molecular weight is 283 g/mol. The summed E-state index contributed by atoms with van der Waals surface area (Å²) in [7, 11) is 0. The van der Waals surface area contributed by atoms with Gasteiger partial charge in [0.05, 0.1) is 10.7 Å². The number of nitrogens with one attached hydrogen (secondary N) is 2. The number of para-hydroxylation sites is 1. The molecule has 0 saturated heterocycles. The number of rotatable bonds is 7. The molecule has 1 aromatic carbocycles. The summed E-state index contributed by atoms with van der Waals surface area (Å²) in [5, 5.41) is 6.75. The molecule has 106 valence electrons. The average Bonchev–Trinajstić information content (AvgIpc) is 2.38. The van der Waals surface area contributed by atoms with Crippen LogP contribution in [0.25, 0.3) is 0 Å². The third-order valence-corrected chi connectivity index (χ3v) is 3.37. The van der Waals surface area contributed by atoms with Crippen LogP contribution in [0.4, 0.5) is 5.69 Å². The topological polar surface area (TPSA) is 41.1 Å². The lowest BCUT2D eigenvalue weighted by atomic mass is 10.1. The van der Waals surface area contributed by atoms with Crippen LogP contribution in [0.3, 0.4) is 0 Å². The van der Waals surface area contributed by atoms with Gasteiger partial charge in [0.1, 0.15) is 6.04 Å². The van der Waals surface area contributed by atoms with Gasteiger partial charge in [-0.25, -0.2) is 0 Å². The summed E-state index contributed by atoms with van der Waals surface area (Å²) in [6.07, 6.45) is 3.33. The van der Waals surface area contributed by atoms with Crippen LogP contribution in [-0.2, 0) is 4.79 Å². The van der Waals surface area contributed by atoms with Crippen LogP contribution in [0.5, 0.6) is 0 Å². The number of unbranched alkanes of at least 4 members (excludes halogenated alkanes) is 2. The maximum Gasteiger partial charge on any atom is 0.242 e. The summed E-state index contributed by atoms with van der Waals surface area (Å²) in [6.45, 7) is 6.70. The van der Waals surface area contributed by atoms with Crippen molar-refractivity contribution >= 4 is 23.2 Å². The first-order valence-corrected chi connectivity index (χ1v) is 7.23. The van der Waals surface area contributed by atoms with Gasteiger partial charge in [0.15, 0.2) is 0 Å². The third-order valence-electron chi connectivity index (χ3n) is 3.06. The number of benzene rings is 1. The Morgan fingerprint density at radius 2 is 2.11 bits per heavy atom. The second-order valence-corrected chi connectivity index (χ2v) is 5.20. The Labute approximate surface area is 120 Å². The van der Waals surface area contributed by atoms with E-state index in [1.165, 1.54) is 0 Å². The van der Waals surface area contributed by atoms with Gasteiger partial charge in [-0.05, 0) is 31.9 Å². The number of anilines is 1. The second-order valence-electron chi connectivity index (χ2n) is 4.80. The molecule has 0 spiro atoms. The Hall–Kier alpha value is -1.22. The van der Waals surface area contributed by atoms with Crippen LogP contribution in [0.15, 0.2) is 18.2 Å². The van der Waals surface area contributed by atoms with Crippen LogP contribution >= 0.6 is 11.6 Å². The molecule has 3 nitrogen and oxygen atoms in total. The molecule has 2 N–H and O–H groups in total. The maximum absolute atomic E-state index is 11.9. The van der Waals surface area contributed by atoms with E-state index in [1.807, 2.05) is 32.0 Å². The molecule has 4 heteroatoms. The fourth-order valence-electron chi connectivity index (χ4n) is 1.84. The van der Waals surface area contributed by atoms with E-state index in [1.54, 1.807) is 0 Å². The Kier molecular flexibility index (Phi) is 6.71. The molecular weight excluding hydrogens is 260 g/mol. The van der Waals surface area contributed by atoms with Crippen molar-refractivity contribution in [3.63, 3.8) is 0 Å². The molecule has 1 aromatic rings. The zero-order valence-corrected chi connectivity index (χ0v) is 12.7. The van der Waals surface area contributed by atoms with E-state index in [2.05, 4.69) is 17.6 Å². The van der Waals surface area contributed by atoms with Gasteiger partial charge in [-0.15, -0.1) is 0 Å². The van der Waals surface area contributed by atoms with E-state index >= 15 is 0 Å². The van der Waals surface area contributed by atoms with Crippen molar-refractivity contribution in [2.45, 2.75) is 46.1 Å². The van der Waals surface area contributed by atoms with Crippen LogP contribution < -0.4 is 10.6 Å². The minimum Gasteiger partial charge on any atom is -0.372 e. The van der Waals surface area contributed by atoms with Crippen LogP contribution in [-0.4, -0.2) is 18.5 Å². The van der Waals surface area contributed by atoms with Crippen molar-refractivity contribution in [2.75, 3.05) is 11.9 Å². The van der Waals surface area contributed by atoms with Crippen LogP contribution in [0.2, 0.25) is 5.02 Å². The summed E-state index contributed by atoms with van der Waals surface area (Å²) in [5.41, 5.74) is 1.87. The quantitative estimate of drug-likeness (QED) is 0.748. The van der Waals surface area contributed by atoms with Gasteiger partial charge < -0.3 is 10.6 Å². The monoisotopic (exact) mass is 282 g/mol. The number of halogens is 1. The van der Waals surface area contributed by atoms with Gasteiger partial charge in [-0.1, -0.05) is 43.5 Å². The van der Waals surface area contributed by atoms with E-state index in [0.717, 1.165) is 37.1 Å². The van der Waals surface area contributed by atoms with Crippen molar-refractivity contribution in [3.8, 4) is 0 Å². The molecule has 1 amide bonds. The smallest absolute Gasteiger partial charge is 0.242 e. The number of aryl methyl sites for hydroxylation is 1.